The minimum absolute atomic E-state index is 0.136. The zero-order chi connectivity index (χ0) is 20.1. The molecule has 0 atom stereocenters. The summed E-state index contributed by atoms with van der Waals surface area (Å²) in [7, 11) is 0. The van der Waals surface area contributed by atoms with Gasteiger partial charge >= 0.3 is 0 Å². The third-order valence-electron chi connectivity index (χ3n) is 3.80. The van der Waals surface area contributed by atoms with Crippen molar-refractivity contribution < 1.29 is 14.0 Å². The minimum atomic E-state index is -0.512. The van der Waals surface area contributed by atoms with Gasteiger partial charge in [0.15, 0.2) is 5.13 Å². The third kappa shape index (κ3) is 4.69. The van der Waals surface area contributed by atoms with E-state index in [0.29, 0.717) is 16.5 Å². The number of rotatable bonds is 5. The highest BCUT2D eigenvalue weighted by Gasteiger charge is 2.20. The van der Waals surface area contributed by atoms with E-state index in [2.05, 4.69) is 10.3 Å². The quantitative estimate of drug-likeness (QED) is 0.623. The van der Waals surface area contributed by atoms with Crippen LogP contribution in [0.3, 0.4) is 0 Å². The molecular formula is C21H18FN3O2S. The molecule has 0 bridgehead atoms. The molecule has 1 heterocycles. The molecule has 0 saturated heterocycles. The van der Waals surface area contributed by atoms with Crippen molar-refractivity contribution in [1.82, 2.24) is 4.98 Å². The van der Waals surface area contributed by atoms with E-state index in [4.69, 9.17) is 0 Å². The summed E-state index contributed by atoms with van der Waals surface area (Å²) in [6, 6.07) is 13.5. The van der Waals surface area contributed by atoms with E-state index in [0.717, 1.165) is 5.56 Å². The van der Waals surface area contributed by atoms with Gasteiger partial charge in [-0.1, -0.05) is 24.3 Å². The summed E-state index contributed by atoms with van der Waals surface area (Å²) < 4.78 is 14.1. The summed E-state index contributed by atoms with van der Waals surface area (Å²) in [4.78, 5) is 29.7. The first kappa shape index (κ1) is 19.4. The molecule has 5 nitrogen and oxygen atoms in total. The fourth-order valence-corrected chi connectivity index (χ4v) is 3.41. The Bertz CT molecular complexity index is 1050. The average Bonchev–Trinajstić information content (AvgIpc) is 3.10. The molecule has 28 heavy (non-hydrogen) atoms. The number of nitrogens with zero attached hydrogens (tertiary/aromatic N) is 2. The predicted octanol–water partition coefficient (Wildman–Crippen LogP) is 4.93. The summed E-state index contributed by atoms with van der Waals surface area (Å²) in [5.41, 5.74) is 2.39. The zero-order valence-corrected chi connectivity index (χ0v) is 16.2. The lowest BCUT2D eigenvalue weighted by Gasteiger charge is -2.18. The van der Waals surface area contributed by atoms with E-state index in [-0.39, 0.29) is 17.5 Å². The largest absolute Gasteiger partial charge is 0.323 e. The van der Waals surface area contributed by atoms with Crippen molar-refractivity contribution in [3.05, 3.63) is 77.1 Å². The van der Waals surface area contributed by atoms with Gasteiger partial charge < -0.3 is 5.32 Å². The second-order valence-corrected chi connectivity index (χ2v) is 6.89. The van der Waals surface area contributed by atoms with Gasteiger partial charge in [0.2, 0.25) is 11.8 Å². The number of carbonyl (C=O) groups excluding carboxylic acids is 2. The number of anilines is 3. The van der Waals surface area contributed by atoms with Crippen LogP contribution in [-0.2, 0) is 9.59 Å². The van der Waals surface area contributed by atoms with Gasteiger partial charge in [-0.3, -0.25) is 14.5 Å². The highest BCUT2D eigenvalue weighted by molar-refractivity contribution is 7.14. The maximum atomic E-state index is 14.1. The van der Waals surface area contributed by atoms with E-state index in [1.807, 2.05) is 25.1 Å². The summed E-state index contributed by atoms with van der Waals surface area (Å²) in [5, 5.41) is 4.80. The molecular weight excluding hydrogens is 377 g/mol. The maximum Gasteiger partial charge on any atom is 0.248 e. The lowest BCUT2D eigenvalue weighted by molar-refractivity contribution is -0.116. The van der Waals surface area contributed by atoms with Gasteiger partial charge in [-0.15, -0.1) is 11.3 Å². The standard InChI is InChI=1S/C21H18FN3O2S/c1-14-6-5-7-16(12-14)23-20(27)11-10-17-13-28-21(24-17)25(15(2)26)19-9-4-3-8-18(19)22/h3-13H,1-2H3,(H,23,27)/b11-10+. The number of carbonyl (C=O) groups is 2. The number of aromatic nitrogens is 1. The molecule has 2 aromatic carbocycles. The van der Waals surface area contributed by atoms with Crippen LogP contribution in [0.1, 0.15) is 18.2 Å². The molecule has 0 aliphatic heterocycles. The monoisotopic (exact) mass is 395 g/mol. The first-order valence-electron chi connectivity index (χ1n) is 8.50. The number of hydrogen-bond acceptors (Lipinski definition) is 4. The number of amides is 2. The van der Waals surface area contributed by atoms with E-state index < -0.39 is 5.82 Å². The van der Waals surface area contributed by atoms with Gasteiger partial charge in [0, 0.05) is 24.1 Å². The molecule has 3 rings (SSSR count). The highest BCUT2D eigenvalue weighted by Crippen LogP contribution is 2.30. The van der Waals surface area contributed by atoms with Crippen molar-refractivity contribution >= 4 is 45.7 Å². The van der Waals surface area contributed by atoms with Crippen LogP contribution in [0.15, 0.2) is 60.0 Å². The third-order valence-corrected chi connectivity index (χ3v) is 4.64. The average molecular weight is 395 g/mol. The molecule has 1 aromatic heterocycles. The Kier molecular flexibility index (Phi) is 5.96. The van der Waals surface area contributed by atoms with Crippen molar-refractivity contribution in [1.29, 1.82) is 0 Å². The predicted molar refractivity (Wildman–Crippen MR) is 110 cm³/mol. The normalized spacial score (nSPS) is 10.8. The summed E-state index contributed by atoms with van der Waals surface area (Å²) in [6.45, 7) is 3.29. The maximum absolute atomic E-state index is 14.1. The number of nitrogens with one attached hydrogen (secondary N) is 1. The van der Waals surface area contributed by atoms with Crippen molar-refractivity contribution in [2.75, 3.05) is 10.2 Å². The van der Waals surface area contributed by atoms with E-state index in [9.17, 15) is 14.0 Å². The second kappa shape index (κ2) is 8.58. The number of para-hydroxylation sites is 1. The van der Waals surface area contributed by atoms with Crippen LogP contribution in [0.2, 0.25) is 0 Å². The molecule has 0 fully saturated rings. The Hall–Kier alpha value is -3.32. The minimum Gasteiger partial charge on any atom is -0.323 e. The van der Waals surface area contributed by atoms with Crippen LogP contribution in [-0.4, -0.2) is 16.8 Å². The number of halogens is 1. The molecule has 142 valence electrons. The van der Waals surface area contributed by atoms with Gasteiger partial charge in [0.05, 0.1) is 11.4 Å². The fourth-order valence-electron chi connectivity index (χ4n) is 2.56. The molecule has 0 spiro atoms. The smallest absolute Gasteiger partial charge is 0.248 e. The molecule has 2 amide bonds. The topological polar surface area (TPSA) is 62.3 Å². The van der Waals surface area contributed by atoms with Crippen molar-refractivity contribution in [2.24, 2.45) is 0 Å². The van der Waals surface area contributed by atoms with Crippen LogP contribution < -0.4 is 10.2 Å². The fraction of sp³-hybridized carbons (Fsp3) is 0.0952. The van der Waals surface area contributed by atoms with Crippen LogP contribution in [0, 0.1) is 12.7 Å². The van der Waals surface area contributed by atoms with Crippen molar-refractivity contribution in [2.45, 2.75) is 13.8 Å². The molecule has 0 aliphatic carbocycles. The molecule has 0 radical (unpaired) electrons. The Morgan fingerprint density at radius 2 is 1.96 bits per heavy atom. The molecule has 0 unspecified atom stereocenters. The summed E-state index contributed by atoms with van der Waals surface area (Å²) in [5.74, 6) is -1.16. The van der Waals surface area contributed by atoms with Gasteiger partial charge in [-0.2, -0.15) is 0 Å². The summed E-state index contributed by atoms with van der Waals surface area (Å²) in [6.07, 6.45) is 2.91. The number of aryl methyl sites for hydroxylation is 1. The molecule has 0 aliphatic rings. The SMILES string of the molecule is CC(=O)N(c1nc(/C=C/C(=O)Nc2cccc(C)c2)cs1)c1ccccc1F. The van der Waals surface area contributed by atoms with Gasteiger partial charge in [-0.05, 0) is 42.8 Å². The molecule has 1 N–H and O–H groups in total. The Morgan fingerprint density at radius 3 is 2.68 bits per heavy atom. The Morgan fingerprint density at radius 1 is 1.18 bits per heavy atom. The van der Waals surface area contributed by atoms with E-state index in [1.165, 1.54) is 41.4 Å². The van der Waals surface area contributed by atoms with Crippen LogP contribution in [0.4, 0.5) is 20.9 Å². The lowest BCUT2D eigenvalue weighted by Crippen LogP contribution is -2.23. The first-order chi connectivity index (χ1) is 13.4. The number of hydrogen-bond donors (Lipinski definition) is 1. The lowest BCUT2D eigenvalue weighted by atomic mass is 10.2. The number of thiazole rings is 1. The number of benzene rings is 2. The second-order valence-electron chi connectivity index (χ2n) is 6.05. The Labute approximate surface area is 166 Å². The van der Waals surface area contributed by atoms with E-state index >= 15 is 0 Å². The van der Waals surface area contributed by atoms with E-state index in [1.54, 1.807) is 29.7 Å². The Balaban J connectivity index is 1.75. The summed E-state index contributed by atoms with van der Waals surface area (Å²) >= 11 is 1.19. The van der Waals surface area contributed by atoms with Crippen LogP contribution in [0.5, 0.6) is 0 Å². The zero-order valence-electron chi connectivity index (χ0n) is 15.3. The molecule has 3 aromatic rings. The molecule has 7 heteroatoms. The first-order valence-corrected chi connectivity index (χ1v) is 9.38. The molecule has 0 saturated carbocycles. The van der Waals surface area contributed by atoms with Crippen molar-refractivity contribution in [3.8, 4) is 0 Å². The van der Waals surface area contributed by atoms with Crippen LogP contribution in [0.25, 0.3) is 6.08 Å². The van der Waals surface area contributed by atoms with Gasteiger partial charge in [0.1, 0.15) is 5.82 Å². The van der Waals surface area contributed by atoms with Gasteiger partial charge in [-0.25, -0.2) is 9.37 Å². The van der Waals surface area contributed by atoms with Crippen molar-refractivity contribution in [3.63, 3.8) is 0 Å². The van der Waals surface area contributed by atoms with Crippen LogP contribution >= 0.6 is 11.3 Å². The van der Waals surface area contributed by atoms with Gasteiger partial charge in [0.25, 0.3) is 0 Å². The highest BCUT2D eigenvalue weighted by atomic mass is 32.1.